The van der Waals surface area contributed by atoms with Crippen LogP contribution in [0.1, 0.15) is 19.4 Å². The van der Waals surface area contributed by atoms with Gasteiger partial charge in [0, 0.05) is 60.9 Å². The number of halogens is 3. The van der Waals surface area contributed by atoms with Crippen LogP contribution in [0.5, 0.6) is 5.75 Å². The number of rotatable bonds is 10. The molecule has 3 atom stereocenters. The van der Waals surface area contributed by atoms with Crippen LogP contribution in [0.4, 0.5) is 30.6 Å². The monoisotopic (exact) mass is 737 g/mol. The Labute approximate surface area is 292 Å². The van der Waals surface area contributed by atoms with E-state index in [9.17, 15) is 13.6 Å². The van der Waals surface area contributed by atoms with Crippen LogP contribution < -0.4 is 19.4 Å². The summed E-state index contributed by atoms with van der Waals surface area (Å²) in [6, 6.07) is 19.7. The van der Waals surface area contributed by atoms with E-state index in [1.165, 1.54) is 29.5 Å². The predicted octanol–water partition coefficient (Wildman–Crippen LogP) is 5.60. The molecule has 4 heterocycles. The molecule has 7 rings (SSSR count). The van der Waals surface area contributed by atoms with Gasteiger partial charge in [-0.3, -0.25) is 4.90 Å². The molecule has 3 aromatic carbocycles. The minimum absolute atomic E-state index is 0.00169. The fourth-order valence-corrected chi connectivity index (χ4v) is 7.63. The highest BCUT2D eigenvalue weighted by Crippen LogP contribution is 2.37. The second-order valence-corrected chi connectivity index (χ2v) is 13.8. The van der Waals surface area contributed by atoms with Gasteiger partial charge in [-0.15, -0.1) is 0 Å². The first kappa shape index (κ1) is 33.2. The molecule has 2 amide bonds. The largest absolute Gasteiger partial charge is 0.488 e. The number of anilines is 3. The van der Waals surface area contributed by atoms with Crippen LogP contribution in [0.2, 0.25) is 0 Å². The average Bonchev–Trinajstić information content (AvgIpc) is 3.84. The zero-order chi connectivity index (χ0) is 34.1. The number of alkyl halides is 1. The van der Waals surface area contributed by atoms with Gasteiger partial charge in [-0.05, 0) is 68.4 Å². The van der Waals surface area contributed by atoms with Crippen LogP contribution >= 0.6 is 15.9 Å². The Kier molecular flexibility index (Phi) is 9.44. The van der Waals surface area contributed by atoms with E-state index in [1.54, 1.807) is 0 Å². The van der Waals surface area contributed by atoms with Gasteiger partial charge < -0.3 is 28.9 Å². The van der Waals surface area contributed by atoms with Crippen molar-refractivity contribution < 1.29 is 27.8 Å². The lowest BCUT2D eigenvalue weighted by Gasteiger charge is -2.37. The van der Waals surface area contributed by atoms with Crippen LogP contribution in [0.15, 0.2) is 79.4 Å². The smallest absolute Gasteiger partial charge is 0.325 e. The Morgan fingerprint density at radius 1 is 0.959 bits per heavy atom. The summed E-state index contributed by atoms with van der Waals surface area (Å²) in [5.41, 5.74) is 2.09. The standard InChI is InChI=1S/C35H38BrF2N7O4/c1-24(2)45-32(36)18-44(34(45)46)28-6-4-26(5-7-28)41-13-15-42(16-14-41)27-8-10-29(11-9-27)47-19-33-48-21-35(49-33,20-43-23-39-22-40-43)30-12-3-25(37)17-31(30)38/h3-12,17,22-24,32-33H,13-16,18-21H2,1-2H3/t32?,33-,35+/m0/s1. The van der Waals surface area contributed by atoms with E-state index in [-0.39, 0.29) is 42.3 Å². The molecular formula is C35H38BrF2N7O4. The SMILES string of the molecule is CC(C)N1C(=O)N(c2ccc(N3CCN(c4ccc(OC[C@H]5OC[C@](Cn6cncn6)(c6ccc(F)cc6F)O5)cc4)CC3)cc2)CC1Br. The van der Waals surface area contributed by atoms with Crippen molar-refractivity contribution >= 4 is 39.0 Å². The van der Waals surface area contributed by atoms with E-state index in [0.717, 1.165) is 49.3 Å². The molecule has 3 aliphatic heterocycles. The number of hydrogen-bond acceptors (Lipinski definition) is 8. The summed E-state index contributed by atoms with van der Waals surface area (Å²) in [4.78, 5) is 25.3. The summed E-state index contributed by atoms with van der Waals surface area (Å²) in [5.74, 6) is -0.743. The summed E-state index contributed by atoms with van der Waals surface area (Å²) >= 11 is 3.64. The van der Waals surface area contributed by atoms with E-state index < -0.39 is 23.5 Å². The minimum atomic E-state index is -1.23. The van der Waals surface area contributed by atoms with E-state index in [2.05, 4.69) is 47.9 Å². The molecule has 0 saturated carbocycles. The lowest BCUT2D eigenvalue weighted by Crippen LogP contribution is -2.46. The average molecular weight is 739 g/mol. The summed E-state index contributed by atoms with van der Waals surface area (Å²) < 4.78 is 48.2. The number of aromatic nitrogens is 3. The number of ether oxygens (including phenoxy) is 3. The van der Waals surface area contributed by atoms with Crippen LogP contribution in [-0.4, -0.2) is 88.9 Å². The first-order chi connectivity index (χ1) is 23.7. The maximum atomic E-state index is 14.9. The summed E-state index contributed by atoms with van der Waals surface area (Å²) in [6.07, 6.45) is 2.11. The van der Waals surface area contributed by atoms with Gasteiger partial charge in [0.15, 0.2) is 6.29 Å². The Hall–Kier alpha value is -4.27. The molecule has 258 valence electrons. The van der Waals surface area contributed by atoms with Crippen LogP contribution in [0, 0.1) is 11.6 Å². The number of amides is 2. The minimum Gasteiger partial charge on any atom is -0.488 e. The molecule has 0 bridgehead atoms. The number of nitrogens with zero attached hydrogens (tertiary/aromatic N) is 7. The van der Waals surface area contributed by atoms with Crippen molar-refractivity contribution in [2.24, 2.45) is 0 Å². The normalized spacial score (nSPS) is 22.9. The third-order valence-electron chi connectivity index (χ3n) is 9.20. The van der Waals surface area contributed by atoms with E-state index in [1.807, 2.05) is 60.0 Å². The number of benzene rings is 3. The van der Waals surface area contributed by atoms with E-state index in [4.69, 9.17) is 14.2 Å². The molecule has 3 aliphatic rings. The van der Waals surface area contributed by atoms with Gasteiger partial charge in [-0.2, -0.15) is 5.10 Å². The van der Waals surface area contributed by atoms with Gasteiger partial charge in [0.05, 0.1) is 19.7 Å². The van der Waals surface area contributed by atoms with Crippen molar-refractivity contribution in [3.05, 3.63) is 96.6 Å². The van der Waals surface area contributed by atoms with Crippen molar-refractivity contribution in [2.45, 2.75) is 43.3 Å². The van der Waals surface area contributed by atoms with Gasteiger partial charge in [0.1, 0.15) is 47.2 Å². The molecule has 0 N–H and O–H groups in total. The molecule has 3 saturated heterocycles. The van der Waals surface area contributed by atoms with Gasteiger partial charge in [0.2, 0.25) is 0 Å². The number of carbonyl (C=O) groups is 1. The van der Waals surface area contributed by atoms with Crippen LogP contribution in [-0.2, 0) is 21.6 Å². The quantitative estimate of drug-likeness (QED) is 0.154. The molecule has 1 unspecified atom stereocenters. The maximum absolute atomic E-state index is 14.9. The molecule has 14 heteroatoms. The van der Waals surface area contributed by atoms with Crippen molar-refractivity contribution in [1.82, 2.24) is 19.7 Å². The van der Waals surface area contributed by atoms with Crippen molar-refractivity contribution in [3.8, 4) is 5.75 Å². The van der Waals surface area contributed by atoms with E-state index in [0.29, 0.717) is 12.3 Å². The summed E-state index contributed by atoms with van der Waals surface area (Å²) in [6.45, 7) is 8.37. The topological polar surface area (TPSA) is 88.4 Å². The number of piperazine rings is 1. The Morgan fingerprint density at radius 2 is 1.61 bits per heavy atom. The van der Waals surface area contributed by atoms with E-state index >= 15 is 0 Å². The summed E-state index contributed by atoms with van der Waals surface area (Å²) in [5, 5.41) is 4.13. The van der Waals surface area contributed by atoms with Crippen molar-refractivity contribution in [3.63, 3.8) is 0 Å². The van der Waals surface area contributed by atoms with Crippen LogP contribution in [0.3, 0.4) is 0 Å². The maximum Gasteiger partial charge on any atom is 0.325 e. The van der Waals surface area contributed by atoms with Crippen molar-refractivity contribution in [1.29, 1.82) is 0 Å². The number of hydrogen-bond donors (Lipinski definition) is 0. The fraction of sp³-hybridized carbons (Fsp3) is 0.400. The van der Waals surface area contributed by atoms with Crippen molar-refractivity contribution in [2.75, 3.05) is 60.6 Å². The second kappa shape index (κ2) is 13.9. The highest BCUT2D eigenvalue weighted by Gasteiger charge is 2.46. The molecule has 1 aromatic heterocycles. The first-order valence-corrected chi connectivity index (χ1v) is 17.2. The predicted molar refractivity (Wildman–Crippen MR) is 184 cm³/mol. The molecule has 3 fully saturated rings. The summed E-state index contributed by atoms with van der Waals surface area (Å²) in [7, 11) is 0. The molecule has 4 aromatic rings. The lowest BCUT2D eigenvalue weighted by atomic mass is 9.94. The third kappa shape index (κ3) is 6.94. The fourth-order valence-electron chi connectivity index (χ4n) is 6.69. The second-order valence-electron chi connectivity index (χ2n) is 12.7. The zero-order valence-electron chi connectivity index (χ0n) is 27.3. The molecule has 0 radical (unpaired) electrons. The molecule has 49 heavy (non-hydrogen) atoms. The van der Waals surface area contributed by atoms with Gasteiger partial charge in [-0.25, -0.2) is 23.2 Å². The van der Waals surface area contributed by atoms with Gasteiger partial charge in [0.25, 0.3) is 0 Å². The highest BCUT2D eigenvalue weighted by atomic mass is 79.9. The zero-order valence-corrected chi connectivity index (χ0v) is 28.9. The first-order valence-electron chi connectivity index (χ1n) is 16.3. The lowest BCUT2D eigenvalue weighted by molar-refractivity contribution is -0.117. The third-order valence-corrected chi connectivity index (χ3v) is 9.93. The molecule has 11 nitrogen and oxygen atoms in total. The number of carbonyl (C=O) groups excluding carboxylic acids is 1. The molecular weight excluding hydrogens is 700 g/mol. The molecule has 0 spiro atoms. The van der Waals surface area contributed by atoms with Gasteiger partial charge >= 0.3 is 6.03 Å². The Morgan fingerprint density at radius 3 is 2.20 bits per heavy atom. The van der Waals surface area contributed by atoms with Crippen LogP contribution in [0.25, 0.3) is 0 Å². The Balaban J connectivity index is 0.916. The Bertz CT molecular complexity index is 1740. The van der Waals surface area contributed by atoms with Gasteiger partial charge in [-0.1, -0.05) is 22.0 Å². The molecule has 0 aliphatic carbocycles. The highest BCUT2D eigenvalue weighted by molar-refractivity contribution is 9.09. The number of urea groups is 1.